The molecular weight excluding hydrogens is 190 g/mol. The Morgan fingerprint density at radius 1 is 1.27 bits per heavy atom. The van der Waals surface area contributed by atoms with E-state index in [2.05, 4.69) is 17.2 Å². The van der Waals surface area contributed by atoms with Crippen LogP contribution in [0.2, 0.25) is 0 Å². The molecule has 0 radical (unpaired) electrons. The largest absolute Gasteiger partial charge is 0.396 e. The Bertz CT molecular complexity index is 283. The SMILES string of the molecule is CCCCCCn1nnc(CCO)c1C. The third-order valence-corrected chi connectivity index (χ3v) is 2.65. The Labute approximate surface area is 91.3 Å². The maximum atomic E-state index is 8.82. The minimum Gasteiger partial charge on any atom is -0.396 e. The van der Waals surface area contributed by atoms with E-state index in [0.717, 1.165) is 24.4 Å². The number of hydrogen-bond acceptors (Lipinski definition) is 3. The van der Waals surface area contributed by atoms with Crippen molar-refractivity contribution in [2.45, 2.75) is 52.5 Å². The number of aromatic nitrogens is 3. The van der Waals surface area contributed by atoms with Crippen molar-refractivity contribution in [3.63, 3.8) is 0 Å². The van der Waals surface area contributed by atoms with E-state index in [1.165, 1.54) is 19.3 Å². The molecule has 1 aromatic heterocycles. The third-order valence-electron chi connectivity index (χ3n) is 2.65. The molecule has 0 fully saturated rings. The second kappa shape index (κ2) is 6.56. The predicted octanol–water partition coefficient (Wildman–Crippen LogP) is 1.70. The molecule has 0 aliphatic heterocycles. The van der Waals surface area contributed by atoms with Crippen LogP contribution in [0.25, 0.3) is 0 Å². The molecule has 0 aromatic carbocycles. The highest BCUT2D eigenvalue weighted by molar-refractivity contribution is 5.07. The molecule has 4 heteroatoms. The van der Waals surface area contributed by atoms with Crippen LogP contribution in [-0.4, -0.2) is 26.7 Å². The summed E-state index contributed by atoms with van der Waals surface area (Å²) in [5, 5.41) is 17.0. The lowest BCUT2D eigenvalue weighted by molar-refractivity contribution is 0.298. The standard InChI is InChI=1S/C11H21N3O/c1-3-4-5-6-8-14-10(2)11(7-9-15)12-13-14/h15H,3-9H2,1-2H3. The van der Waals surface area contributed by atoms with Crippen molar-refractivity contribution in [2.24, 2.45) is 0 Å². The lowest BCUT2D eigenvalue weighted by Gasteiger charge is -2.02. The van der Waals surface area contributed by atoms with Gasteiger partial charge in [0.1, 0.15) is 0 Å². The van der Waals surface area contributed by atoms with E-state index < -0.39 is 0 Å². The van der Waals surface area contributed by atoms with Crippen LogP contribution in [0.5, 0.6) is 0 Å². The van der Waals surface area contributed by atoms with Gasteiger partial charge in [0.25, 0.3) is 0 Å². The molecule has 1 N–H and O–H groups in total. The summed E-state index contributed by atoms with van der Waals surface area (Å²) < 4.78 is 1.95. The molecule has 0 amide bonds. The van der Waals surface area contributed by atoms with E-state index >= 15 is 0 Å². The van der Waals surface area contributed by atoms with Crippen LogP contribution in [0, 0.1) is 6.92 Å². The number of aliphatic hydroxyl groups excluding tert-OH is 1. The van der Waals surface area contributed by atoms with Crippen molar-refractivity contribution in [1.82, 2.24) is 15.0 Å². The van der Waals surface area contributed by atoms with Gasteiger partial charge in [0, 0.05) is 19.6 Å². The number of aliphatic hydroxyl groups is 1. The Morgan fingerprint density at radius 2 is 2.07 bits per heavy atom. The summed E-state index contributed by atoms with van der Waals surface area (Å²) >= 11 is 0. The van der Waals surface area contributed by atoms with Gasteiger partial charge in [-0.1, -0.05) is 31.4 Å². The predicted molar refractivity (Wildman–Crippen MR) is 59.7 cm³/mol. The van der Waals surface area contributed by atoms with E-state index in [0.29, 0.717) is 6.42 Å². The van der Waals surface area contributed by atoms with Gasteiger partial charge in [-0.05, 0) is 13.3 Å². The molecular formula is C11H21N3O. The number of aryl methyl sites for hydroxylation is 1. The monoisotopic (exact) mass is 211 g/mol. The second-order valence-electron chi connectivity index (χ2n) is 3.88. The van der Waals surface area contributed by atoms with Gasteiger partial charge in [0.2, 0.25) is 0 Å². The third kappa shape index (κ3) is 3.63. The molecule has 4 nitrogen and oxygen atoms in total. The van der Waals surface area contributed by atoms with Gasteiger partial charge in [0.15, 0.2) is 0 Å². The first-order valence-corrected chi connectivity index (χ1v) is 5.79. The van der Waals surface area contributed by atoms with Crippen molar-refractivity contribution >= 4 is 0 Å². The number of rotatable bonds is 7. The minimum atomic E-state index is 0.148. The molecule has 86 valence electrons. The molecule has 15 heavy (non-hydrogen) atoms. The smallest absolute Gasteiger partial charge is 0.0879 e. The van der Waals surface area contributed by atoms with Gasteiger partial charge in [-0.2, -0.15) is 0 Å². The van der Waals surface area contributed by atoms with Gasteiger partial charge < -0.3 is 5.11 Å². The minimum absolute atomic E-state index is 0.148. The summed E-state index contributed by atoms with van der Waals surface area (Å²) in [6.07, 6.45) is 5.58. The van der Waals surface area contributed by atoms with Crippen molar-refractivity contribution in [2.75, 3.05) is 6.61 Å². The summed E-state index contributed by atoms with van der Waals surface area (Å²) in [5.74, 6) is 0. The zero-order valence-corrected chi connectivity index (χ0v) is 9.74. The Hall–Kier alpha value is -0.900. The number of unbranched alkanes of at least 4 members (excludes halogenated alkanes) is 3. The molecule has 1 heterocycles. The van der Waals surface area contributed by atoms with Gasteiger partial charge in [0.05, 0.1) is 11.4 Å². The molecule has 0 unspecified atom stereocenters. The van der Waals surface area contributed by atoms with Crippen molar-refractivity contribution in [3.8, 4) is 0 Å². The topological polar surface area (TPSA) is 50.9 Å². The number of hydrogen-bond donors (Lipinski definition) is 1. The summed E-state index contributed by atoms with van der Waals surface area (Å²) in [5.41, 5.74) is 2.02. The highest BCUT2D eigenvalue weighted by atomic mass is 16.3. The lowest BCUT2D eigenvalue weighted by Crippen LogP contribution is -2.03. The molecule has 1 rings (SSSR count). The van der Waals surface area contributed by atoms with Gasteiger partial charge in [-0.3, -0.25) is 0 Å². The van der Waals surface area contributed by atoms with Gasteiger partial charge >= 0.3 is 0 Å². The zero-order valence-electron chi connectivity index (χ0n) is 9.74. The van der Waals surface area contributed by atoms with Crippen LogP contribution >= 0.6 is 0 Å². The van der Waals surface area contributed by atoms with Crippen LogP contribution in [0.4, 0.5) is 0 Å². The van der Waals surface area contributed by atoms with Crippen molar-refractivity contribution in [3.05, 3.63) is 11.4 Å². The van der Waals surface area contributed by atoms with Gasteiger partial charge in [-0.15, -0.1) is 5.10 Å². The normalized spacial score (nSPS) is 10.9. The van der Waals surface area contributed by atoms with E-state index in [-0.39, 0.29) is 6.61 Å². The quantitative estimate of drug-likeness (QED) is 0.698. The summed E-state index contributed by atoms with van der Waals surface area (Å²) in [4.78, 5) is 0. The first kappa shape index (κ1) is 12.2. The Balaban J connectivity index is 2.40. The highest BCUT2D eigenvalue weighted by Gasteiger charge is 2.06. The summed E-state index contributed by atoms with van der Waals surface area (Å²) in [6.45, 7) is 5.32. The summed E-state index contributed by atoms with van der Waals surface area (Å²) in [7, 11) is 0. The van der Waals surface area contributed by atoms with Crippen LogP contribution < -0.4 is 0 Å². The fourth-order valence-corrected chi connectivity index (χ4v) is 1.63. The van der Waals surface area contributed by atoms with Gasteiger partial charge in [-0.25, -0.2) is 4.68 Å². The molecule has 0 saturated heterocycles. The van der Waals surface area contributed by atoms with Crippen molar-refractivity contribution in [1.29, 1.82) is 0 Å². The maximum absolute atomic E-state index is 8.82. The molecule has 0 aliphatic carbocycles. The zero-order chi connectivity index (χ0) is 11.1. The fourth-order valence-electron chi connectivity index (χ4n) is 1.63. The Kier molecular flexibility index (Phi) is 5.32. The van der Waals surface area contributed by atoms with Crippen molar-refractivity contribution < 1.29 is 5.11 Å². The highest BCUT2D eigenvalue weighted by Crippen LogP contribution is 2.07. The first-order valence-electron chi connectivity index (χ1n) is 5.79. The first-order chi connectivity index (χ1) is 7.29. The molecule has 0 bridgehead atoms. The average Bonchev–Trinajstić information content (AvgIpc) is 2.57. The lowest BCUT2D eigenvalue weighted by atomic mass is 10.2. The average molecular weight is 211 g/mol. The van der Waals surface area contributed by atoms with Crippen LogP contribution in [0.3, 0.4) is 0 Å². The molecule has 0 saturated carbocycles. The van der Waals surface area contributed by atoms with E-state index in [1.807, 2.05) is 11.6 Å². The number of nitrogens with zero attached hydrogens (tertiary/aromatic N) is 3. The second-order valence-corrected chi connectivity index (χ2v) is 3.88. The van der Waals surface area contributed by atoms with Crippen LogP contribution in [0.15, 0.2) is 0 Å². The van der Waals surface area contributed by atoms with E-state index in [9.17, 15) is 0 Å². The van der Waals surface area contributed by atoms with Crippen LogP contribution in [-0.2, 0) is 13.0 Å². The molecule has 0 aliphatic rings. The molecule has 0 spiro atoms. The summed E-state index contributed by atoms with van der Waals surface area (Å²) in [6, 6.07) is 0. The molecule has 1 aromatic rings. The van der Waals surface area contributed by atoms with E-state index in [1.54, 1.807) is 0 Å². The van der Waals surface area contributed by atoms with Crippen LogP contribution in [0.1, 0.15) is 44.0 Å². The molecule has 0 atom stereocenters. The fraction of sp³-hybridized carbons (Fsp3) is 0.818. The Morgan fingerprint density at radius 3 is 2.73 bits per heavy atom. The maximum Gasteiger partial charge on any atom is 0.0879 e. The van der Waals surface area contributed by atoms with E-state index in [4.69, 9.17) is 5.11 Å².